The number of benzene rings is 1. The van der Waals surface area contributed by atoms with Crippen LogP contribution in [-0.4, -0.2) is 45.0 Å². The van der Waals surface area contributed by atoms with E-state index in [-0.39, 0.29) is 36.6 Å². The van der Waals surface area contributed by atoms with Gasteiger partial charge in [0.2, 0.25) is 0 Å². The molecule has 0 radical (unpaired) electrons. The summed E-state index contributed by atoms with van der Waals surface area (Å²) in [5, 5.41) is 7.63. The number of hydrogen-bond donors (Lipinski definition) is 0. The molecular formula is C23H20F5N5O. The molecule has 3 heterocycles. The van der Waals surface area contributed by atoms with Gasteiger partial charge in [0.1, 0.15) is 17.6 Å². The highest BCUT2D eigenvalue weighted by Gasteiger charge is 2.46. The lowest BCUT2D eigenvalue weighted by molar-refractivity contribution is -0.190. The third kappa shape index (κ3) is 4.33. The van der Waals surface area contributed by atoms with Gasteiger partial charge in [0.25, 0.3) is 5.78 Å². The molecular weight excluding hydrogens is 457 g/mol. The molecule has 0 aliphatic carbocycles. The normalized spacial score (nSPS) is 18.5. The molecule has 1 atom stereocenters. The van der Waals surface area contributed by atoms with Crippen LogP contribution in [0.5, 0.6) is 0 Å². The Morgan fingerprint density at radius 3 is 2.74 bits per heavy atom. The molecule has 178 valence electrons. The average Bonchev–Trinajstić information content (AvgIpc) is 3.22. The van der Waals surface area contributed by atoms with Crippen LogP contribution in [-0.2, 0) is 4.74 Å². The summed E-state index contributed by atoms with van der Waals surface area (Å²) >= 11 is 0. The zero-order valence-corrected chi connectivity index (χ0v) is 18.3. The molecule has 0 saturated heterocycles. The monoisotopic (exact) mass is 477 g/mol. The van der Waals surface area contributed by atoms with Crippen LogP contribution in [0.15, 0.2) is 42.9 Å². The van der Waals surface area contributed by atoms with E-state index in [2.05, 4.69) is 33.6 Å². The van der Waals surface area contributed by atoms with Gasteiger partial charge in [-0.2, -0.15) is 18.2 Å². The second-order valence-electron chi connectivity index (χ2n) is 8.23. The third-order valence-electron chi connectivity index (χ3n) is 5.46. The number of alkyl halides is 3. The van der Waals surface area contributed by atoms with E-state index in [0.717, 1.165) is 19.9 Å². The summed E-state index contributed by atoms with van der Waals surface area (Å²) in [5.74, 6) is 2.98. The molecule has 6 nitrogen and oxygen atoms in total. The van der Waals surface area contributed by atoms with Crippen molar-refractivity contribution in [2.24, 2.45) is 5.41 Å². The van der Waals surface area contributed by atoms with Gasteiger partial charge in [0.05, 0.1) is 23.6 Å². The van der Waals surface area contributed by atoms with Crippen molar-refractivity contribution in [3.63, 3.8) is 0 Å². The molecule has 4 rings (SSSR count). The van der Waals surface area contributed by atoms with Crippen LogP contribution in [0.1, 0.15) is 20.3 Å². The summed E-state index contributed by atoms with van der Waals surface area (Å²) in [6.07, 6.45) is -0.410. The molecule has 11 heteroatoms. The highest BCUT2D eigenvalue weighted by atomic mass is 19.4. The average molecular weight is 477 g/mol. The highest BCUT2D eigenvalue weighted by Crippen LogP contribution is 2.37. The smallest absolute Gasteiger partial charge is 0.371 e. The topological polar surface area (TPSA) is 55.5 Å². The number of anilines is 1. The standard InChI is InChI=1S/C23H20F5N5O/c1-14-6-7-15(5-4-10-22(2,3)23(26,27)28)34-12-11-32(14)20-18-17(9-8-16(24)19(18)25)33-13-29-31-21(33)30-20/h6-9,13,15H,1,5,11-12H2,2-3H3/b7-6-. The minimum Gasteiger partial charge on any atom is -0.371 e. The Balaban J connectivity index is 1.64. The van der Waals surface area contributed by atoms with Crippen molar-refractivity contribution < 1.29 is 26.7 Å². The quantitative estimate of drug-likeness (QED) is 0.392. The predicted molar refractivity (Wildman–Crippen MR) is 116 cm³/mol. The van der Waals surface area contributed by atoms with Gasteiger partial charge < -0.3 is 9.64 Å². The molecule has 2 aromatic heterocycles. The number of ether oxygens (including phenoxy) is 1. The maximum atomic E-state index is 14.9. The Bertz CT molecular complexity index is 1350. The maximum absolute atomic E-state index is 14.9. The molecule has 0 bridgehead atoms. The molecule has 0 amide bonds. The van der Waals surface area contributed by atoms with E-state index in [1.54, 1.807) is 17.1 Å². The van der Waals surface area contributed by atoms with Crippen molar-refractivity contribution in [3.05, 3.63) is 54.5 Å². The van der Waals surface area contributed by atoms with E-state index in [9.17, 15) is 22.0 Å². The van der Waals surface area contributed by atoms with Crippen LogP contribution in [0.3, 0.4) is 0 Å². The maximum Gasteiger partial charge on any atom is 0.404 e. The molecule has 34 heavy (non-hydrogen) atoms. The van der Waals surface area contributed by atoms with E-state index in [0.29, 0.717) is 11.2 Å². The summed E-state index contributed by atoms with van der Waals surface area (Å²) in [6.45, 7) is 6.29. The van der Waals surface area contributed by atoms with Crippen molar-refractivity contribution in [2.45, 2.75) is 32.5 Å². The van der Waals surface area contributed by atoms with Gasteiger partial charge in [-0.25, -0.2) is 8.78 Å². The van der Waals surface area contributed by atoms with Crippen LogP contribution in [0.25, 0.3) is 16.7 Å². The Labute approximate surface area is 191 Å². The van der Waals surface area contributed by atoms with Gasteiger partial charge in [0.15, 0.2) is 11.6 Å². The fraction of sp³-hybridized carbons (Fsp3) is 0.348. The van der Waals surface area contributed by atoms with Gasteiger partial charge >= 0.3 is 6.18 Å². The third-order valence-corrected chi connectivity index (χ3v) is 5.46. The first kappa shape index (κ1) is 23.6. The summed E-state index contributed by atoms with van der Waals surface area (Å²) in [5.41, 5.74) is -1.41. The van der Waals surface area contributed by atoms with E-state index >= 15 is 0 Å². The van der Waals surface area contributed by atoms with Gasteiger partial charge in [-0.15, -0.1) is 10.2 Å². The summed E-state index contributed by atoms with van der Waals surface area (Å²) in [4.78, 5) is 5.92. The van der Waals surface area contributed by atoms with Crippen molar-refractivity contribution in [2.75, 3.05) is 18.1 Å². The van der Waals surface area contributed by atoms with Crippen LogP contribution >= 0.6 is 0 Å². The van der Waals surface area contributed by atoms with Crippen molar-refractivity contribution in [1.29, 1.82) is 0 Å². The molecule has 0 N–H and O–H groups in total. The molecule has 0 saturated carbocycles. The SMILES string of the molecule is C=C1/C=C\C(CC#CC(C)(C)C(F)(F)F)OCCN1c1nc2nncn2c2ccc(F)c(F)c12. The molecule has 1 unspecified atom stereocenters. The first-order valence-corrected chi connectivity index (χ1v) is 10.3. The molecule has 1 aliphatic rings. The van der Waals surface area contributed by atoms with E-state index < -0.39 is 29.3 Å². The molecule has 0 spiro atoms. The second-order valence-corrected chi connectivity index (χ2v) is 8.23. The number of rotatable bonds is 2. The van der Waals surface area contributed by atoms with Crippen molar-refractivity contribution in [1.82, 2.24) is 19.6 Å². The lowest BCUT2D eigenvalue weighted by Gasteiger charge is -2.28. The van der Waals surface area contributed by atoms with E-state index in [4.69, 9.17) is 4.74 Å². The van der Waals surface area contributed by atoms with Crippen LogP contribution in [0, 0.1) is 28.9 Å². The van der Waals surface area contributed by atoms with E-state index in [1.165, 1.54) is 16.8 Å². The number of hydrogen-bond acceptors (Lipinski definition) is 5. The Hall–Kier alpha value is -3.52. The minimum atomic E-state index is -4.44. The molecule has 3 aromatic rings. The van der Waals surface area contributed by atoms with E-state index in [1.807, 2.05) is 0 Å². The largest absolute Gasteiger partial charge is 0.404 e. The second kappa shape index (κ2) is 8.68. The Morgan fingerprint density at radius 2 is 2.00 bits per heavy atom. The van der Waals surface area contributed by atoms with Gasteiger partial charge in [-0.1, -0.05) is 24.5 Å². The number of nitrogens with zero attached hydrogens (tertiary/aromatic N) is 5. The lowest BCUT2D eigenvalue weighted by Crippen LogP contribution is -2.31. The number of halogens is 5. The molecule has 1 aliphatic heterocycles. The van der Waals surface area contributed by atoms with Crippen molar-refractivity contribution >= 4 is 22.5 Å². The van der Waals surface area contributed by atoms with Crippen LogP contribution in [0.2, 0.25) is 0 Å². The summed E-state index contributed by atoms with van der Waals surface area (Å²) in [6, 6.07) is 2.42. The lowest BCUT2D eigenvalue weighted by atomic mass is 9.93. The van der Waals surface area contributed by atoms with Gasteiger partial charge in [0, 0.05) is 18.7 Å². The van der Waals surface area contributed by atoms with Crippen molar-refractivity contribution in [3.8, 4) is 11.8 Å². The summed E-state index contributed by atoms with van der Waals surface area (Å²) < 4.78 is 75.1. The Morgan fingerprint density at radius 1 is 1.24 bits per heavy atom. The fourth-order valence-electron chi connectivity index (χ4n) is 3.39. The zero-order chi connectivity index (χ0) is 24.7. The fourth-order valence-corrected chi connectivity index (χ4v) is 3.39. The first-order chi connectivity index (χ1) is 16.0. The van der Waals surface area contributed by atoms with Gasteiger partial charge in [-0.3, -0.25) is 4.40 Å². The zero-order valence-electron chi connectivity index (χ0n) is 18.3. The first-order valence-electron chi connectivity index (χ1n) is 10.3. The van der Waals surface area contributed by atoms with Gasteiger partial charge in [-0.05, 0) is 32.1 Å². The molecule has 1 aromatic carbocycles. The molecule has 0 fully saturated rings. The number of allylic oxidation sites excluding steroid dienone is 1. The Kier molecular flexibility index (Phi) is 6.03. The van der Waals surface area contributed by atoms with Crippen LogP contribution < -0.4 is 4.90 Å². The number of fused-ring (bicyclic) bond motifs is 3. The van der Waals surface area contributed by atoms with Crippen LogP contribution in [0.4, 0.5) is 27.8 Å². The minimum absolute atomic E-state index is 0.0516. The predicted octanol–water partition coefficient (Wildman–Crippen LogP) is 4.81. The number of aromatic nitrogens is 4. The highest BCUT2D eigenvalue weighted by molar-refractivity contribution is 5.93. The summed E-state index contributed by atoms with van der Waals surface area (Å²) in [7, 11) is 0.